The summed E-state index contributed by atoms with van der Waals surface area (Å²) in [7, 11) is -3.63. The highest BCUT2D eigenvalue weighted by Gasteiger charge is 2.19. The molecular weight excluding hydrogens is 398 g/mol. The van der Waals surface area contributed by atoms with Crippen LogP contribution in [-0.2, 0) is 26.0 Å². The zero-order chi connectivity index (χ0) is 21.8. The first kappa shape index (κ1) is 22.5. The number of alkyl carbamates (subject to hydrolysis) is 1. The number of ether oxygens (including phenoxy) is 2. The monoisotopic (exact) mass is 425 g/mol. The number of rotatable bonds is 7. The fourth-order valence-electron chi connectivity index (χ4n) is 2.74. The predicted octanol–water partition coefficient (Wildman–Crippen LogP) is 2.08. The molecule has 3 N–H and O–H groups in total. The van der Waals surface area contributed by atoms with Crippen molar-refractivity contribution >= 4 is 32.9 Å². The Kier molecular flexibility index (Phi) is 6.78. The third kappa shape index (κ3) is 7.30. The van der Waals surface area contributed by atoms with Gasteiger partial charge in [0.25, 0.3) is 5.91 Å². The van der Waals surface area contributed by atoms with Crippen molar-refractivity contribution in [2.45, 2.75) is 45.8 Å². The Bertz CT molecular complexity index is 991. The van der Waals surface area contributed by atoms with Gasteiger partial charge in [-0.2, -0.15) is 0 Å². The number of fused-ring (bicyclic) bond motifs is 1. The van der Waals surface area contributed by atoms with Gasteiger partial charge in [0.05, 0.1) is 11.8 Å². The highest BCUT2D eigenvalue weighted by Crippen LogP contribution is 2.28. The summed E-state index contributed by atoms with van der Waals surface area (Å²) in [5.41, 5.74) is 1.06. The molecule has 29 heavy (non-hydrogen) atoms. The molecule has 0 fully saturated rings. The number of aromatic amines is 1. The van der Waals surface area contributed by atoms with Crippen LogP contribution in [0.3, 0.4) is 0 Å². The van der Waals surface area contributed by atoms with E-state index in [1.807, 2.05) is 17.7 Å². The molecule has 0 spiro atoms. The number of benzene rings is 1. The SMILES string of the molecule is CC(Cc1c[nH]c2c(OCC(=O)NS(C)(=O)=O)cccc12)NC(=O)OC(C)(C)C. The maximum absolute atomic E-state index is 11.9. The average molecular weight is 426 g/mol. The Morgan fingerprint density at radius 3 is 2.55 bits per heavy atom. The summed E-state index contributed by atoms with van der Waals surface area (Å²) in [6.07, 6.45) is 2.78. The quantitative estimate of drug-likeness (QED) is 0.623. The van der Waals surface area contributed by atoms with Crippen molar-refractivity contribution < 1.29 is 27.5 Å². The Labute approximate surface area is 170 Å². The number of nitrogens with one attached hydrogen (secondary N) is 3. The standard InChI is InChI=1S/C19H27N3O6S/c1-12(21-18(24)28-19(2,3)4)9-13-10-20-17-14(13)7-6-8-15(17)27-11-16(23)22-29(5,25)26/h6-8,10,12,20H,9,11H2,1-5H3,(H,21,24)(H,22,23). The Balaban J connectivity index is 2.05. The number of carbonyl (C=O) groups is 2. The lowest BCUT2D eigenvalue weighted by Crippen LogP contribution is -2.38. The van der Waals surface area contributed by atoms with Crippen LogP contribution in [0.2, 0.25) is 0 Å². The first-order chi connectivity index (χ1) is 13.3. The van der Waals surface area contributed by atoms with E-state index in [1.165, 1.54) is 0 Å². The summed E-state index contributed by atoms with van der Waals surface area (Å²) in [6.45, 7) is 6.84. The Morgan fingerprint density at radius 2 is 1.93 bits per heavy atom. The van der Waals surface area contributed by atoms with Crippen LogP contribution in [0.4, 0.5) is 4.79 Å². The largest absolute Gasteiger partial charge is 0.482 e. The van der Waals surface area contributed by atoms with Crippen molar-refractivity contribution in [3.63, 3.8) is 0 Å². The number of hydrogen-bond donors (Lipinski definition) is 3. The summed E-state index contributed by atoms with van der Waals surface area (Å²) in [5, 5.41) is 3.68. The molecule has 9 nitrogen and oxygen atoms in total. The van der Waals surface area contributed by atoms with E-state index in [0.717, 1.165) is 17.2 Å². The molecule has 0 aliphatic rings. The molecule has 0 radical (unpaired) electrons. The summed E-state index contributed by atoms with van der Waals surface area (Å²) in [5.74, 6) is -0.336. The summed E-state index contributed by atoms with van der Waals surface area (Å²) in [6, 6.07) is 5.17. The number of aromatic nitrogens is 1. The number of carbonyl (C=O) groups excluding carboxylic acids is 2. The van der Waals surface area contributed by atoms with Crippen LogP contribution in [0.25, 0.3) is 10.9 Å². The second-order valence-corrected chi connectivity index (χ2v) is 9.58. The first-order valence-corrected chi connectivity index (χ1v) is 10.9. The van der Waals surface area contributed by atoms with Crippen LogP contribution in [-0.4, -0.2) is 49.9 Å². The Morgan fingerprint density at radius 1 is 1.24 bits per heavy atom. The molecule has 1 heterocycles. The highest BCUT2D eigenvalue weighted by atomic mass is 32.2. The van der Waals surface area contributed by atoms with Gasteiger partial charge in [-0.05, 0) is 45.7 Å². The zero-order valence-electron chi connectivity index (χ0n) is 17.2. The van der Waals surface area contributed by atoms with Crippen molar-refractivity contribution in [3.8, 4) is 5.75 Å². The van der Waals surface area contributed by atoms with Crippen molar-refractivity contribution in [1.82, 2.24) is 15.0 Å². The zero-order valence-corrected chi connectivity index (χ0v) is 18.0. The Hall–Kier alpha value is -2.75. The molecular formula is C19H27N3O6S. The summed E-state index contributed by atoms with van der Waals surface area (Å²) in [4.78, 5) is 26.7. The highest BCUT2D eigenvalue weighted by molar-refractivity contribution is 7.89. The van der Waals surface area contributed by atoms with E-state index < -0.39 is 34.2 Å². The van der Waals surface area contributed by atoms with Gasteiger partial charge in [0.1, 0.15) is 11.4 Å². The van der Waals surface area contributed by atoms with Crippen LogP contribution in [0.15, 0.2) is 24.4 Å². The maximum Gasteiger partial charge on any atom is 0.407 e. The average Bonchev–Trinajstić information content (AvgIpc) is 2.92. The van der Waals surface area contributed by atoms with Gasteiger partial charge < -0.3 is 19.8 Å². The van der Waals surface area contributed by atoms with E-state index in [9.17, 15) is 18.0 Å². The van der Waals surface area contributed by atoms with Gasteiger partial charge in [-0.15, -0.1) is 0 Å². The normalized spacial score (nSPS) is 13.0. The van der Waals surface area contributed by atoms with Crippen LogP contribution >= 0.6 is 0 Å². The topological polar surface area (TPSA) is 127 Å². The van der Waals surface area contributed by atoms with Gasteiger partial charge >= 0.3 is 6.09 Å². The number of H-pyrrole nitrogens is 1. The molecule has 10 heteroatoms. The van der Waals surface area contributed by atoms with Gasteiger partial charge in [0.2, 0.25) is 10.0 Å². The van der Waals surface area contributed by atoms with Crippen molar-refractivity contribution in [2.75, 3.05) is 12.9 Å². The summed E-state index contributed by atoms with van der Waals surface area (Å²) < 4.78 is 34.8. The molecule has 2 aromatic rings. The van der Waals surface area contributed by atoms with Crippen molar-refractivity contribution in [3.05, 3.63) is 30.0 Å². The fraction of sp³-hybridized carbons (Fsp3) is 0.474. The molecule has 1 unspecified atom stereocenters. The second kappa shape index (κ2) is 8.73. The second-order valence-electron chi connectivity index (χ2n) is 7.83. The van der Waals surface area contributed by atoms with Crippen molar-refractivity contribution in [2.24, 2.45) is 0 Å². The van der Waals surface area contributed by atoms with Crippen molar-refractivity contribution in [1.29, 1.82) is 0 Å². The van der Waals surface area contributed by atoms with Gasteiger partial charge in [0, 0.05) is 17.6 Å². The molecule has 0 saturated heterocycles. The van der Waals surface area contributed by atoms with E-state index in [2.05, 4.69) is 10.3 Å². The third-order valence-corrected chi connectivity index (χ3v) is 4.31. The lowest BCUT2D eigenvalue weighted by molar-refractivity contribution is -0.121. The van der Waals surface area contributed by atoms with Crippen LogP contribution in [0.5, 0.6) is 5.75 Å². The van der Waals surface area contributed by atoms with Gasteiger partial charge in [-0.25, -0.2) is 13.2 Å². The summed E-state index contributed by atoms with van der Waals surface area (Å²) >= 11 is 0. The molecule has 1 aromatic carbocycles. The molecule has 0 aliphatic carbocycles. The molecule has 1 aromatic heterocycles. The van der Waals surface area contributed by atoms with Gasteiger partial charge in [-0.3, -0.25) is 9.52 Å². The molecule has 1 atom stereocenters. The van der Waals surface area contributed by atoms with Gasteiger partial charge in [-0.1, -0.05) is 12.1 Å². The minimum absolute atomic E-state index is 0.172. The van der Waals surface area contributed by atoms with E-state index in [4.69, 9.17) is 9.47 Å². The molecule has 2 rings (SSSR count). The van der Waals surface area contributed by atoms with Gasteiger partial charge in [0.15, 0.2) is 6.61 Å². The smallest absolute Gasteiger partial charge is 0.407 e. The van der Waals surface area contributed by atoms with E-state index in [0.29, 0.717) is 17.7 Å². The minimum Gasteiger partial charge on any atom is -0.482 e. The maximum atomic E-state index is 11.9. The molecule has 160 valence electrons. The van der Waals surface area contributed by atoms with Crippen LogP contribution in [0.1, 0.15) is 33.3 Å². The van der Waals surface area contributed by atoms with E-state index in [1.54, 1.807) is 39.1 Å². The molecule has 0 aliphatic heterocycles. The fourth-order valence-corrected chi connectivity index (χ4v) is 3.22. The van der Waals surface area contributed by atoms with E-state index >= 15 is 0 Å². The number of para-hydroxylation sites is 1. The van der Waals surface area contributed by atoms with Crippen LogP contribution < -0.4 is 14.8 Å². The number of hydrogen-bond acceptors (Lipinski definition) is 6. The number of amides is 2. The molecule has 0 saturated carbocycles. The molecule has 2 amide bonds. The predicted molar refractivity (Wildman–Crippen MR) is 109 cm³/mol. The van der Waals surface area contributed by atoms with E-state index in [-0.39, 0.29) is 6.04 Å². The molecule has 0 bridgehead atoms. The minimum atomic E-state index is -3.63. The lowest BCUT2D eigenvalue weighted by atomic mass is 10.1. The first-order valence-electron chi connectivity index (χ1n) is 9.06. The van der Waals surface area contributed by atoms with Crippen LogP contribution in [0, 0.1) is 0 Å². The third-order valence-electron chi connectivity index (χ3n) is 3.71. The lowest BCUT2D eigenvalue weighted by Gasteiger charge is -2.21. The number of sulfonamides is 1.